The van der Waals surface area contributed by atoms with Crippen molar-refractivity contribution in [2.24, 2.45) is 11.5 Å². The lowest BCUT2D eigenvalue weighted by molar-refractivity contribution is -0.135. The van der Waals surface area contributed by atoms with Gasteiger partial charge in [-0.2, -0.15) is 11.8 Å². The second-order valence-electron chi connectivity index (χ2n) is 19.2. The SMILES string of the molecule is CNCCC[C@H](NC(=O)[C@H](CCCCN)NC(=O)C(Cc1cn(CCCCC(NC)C(N)=O)nn1)NC(=O)COCCOCCOCCNC(=O)CCCC[C@H]1SC[C@H]2NC(=O)N[C@H]21)C(=O)NCC(=O)NCC(=O)N[C@@H](C)C=O. The molecule has 1 aromatic heterocycles. The fraction of sp³-hybridized carbons (Fsp3) is 0.755. The first-order chi connectivity index (χ1) is 38.1. The van der Waals surface area contributed by atoms with E-state index in [1.54, 1.807) is 25.0 Å². The van der Waals surface area contributed by atoms with Crippen molar-refractivity contribution in [1.29, 1.82) is 0 Å². The summed E-state index contributed by atoms with van der Waals surface area (Å²) in [5.41, 5.74) is 11.5. The number of nitrogens with one attached hydrogen (secondary N) is 11. The van der Waals surface area contributed by atoms with E-state index in [0.29, 0.717) is 95.0 Å². The van der Waals surface area contributed by atoms with Crippen LogP contribution in [0.25, 0.3) is 0 Å². The molecule has 3 rings (SSSR count). The number of unbranched alkanes of at least 4 members (excludes halogenated alkanes) is 3. The molecule has 446 valence electrons. The Kier molecular flexibility index (Phi) is 33.5. The lowest BCUT2D eigenvalue weighted by atomic mass is 10.0. The number of aryl methyl sites for hydroxylation is 1. The van der Waals surface area contributed by atoms with Crippen molar-refractivity contribution < 1.29 is 62.2 Å². The zero-order valence-corrected chi connectivity index (χ0v) is 46.7. The Labute approximate surface area is 465 Å². The van der Waals surface area contributed by atoms with E-state index >= 15 is 0 Å². The highest BCUT2D eigenvalue weighted by atomic mass is 32.2. The molecule has 15 N–H and O–H groups in total. The first kappa shape index (κ1) is 67.2. The lowest BCUT2D eigenvalue weighted by Crippen LogP contribution is -2.57. The number of fused-ring (bicyclic) bond motifs is 1. The lowest BCUT2D eigenvalue weighted by Gasteiger charge is -2.25. The number of hydrogen-bond acceptors (Lipinski definition) is 19. The van der Waals surface area contributed by atoms with Gasteiger partial charge in [-0.3, -0.25) is 43.0 Å². The monoisotopic (exact) mass is 1140 g/mol. The van der Waals surface area contributed by atoms with E-state index in [4.69, 9.17) is 25.7 Å². The van der Waals surface area contributed by atoms with Gasteiger partial charge >= 0.3 is 6.03 Å². The van der Waals surface area contributed by atoms with Gasteiger partial charge in [0.25, 0.3) is 0 Å². The number of aromatic nitrogens is 3. The summed E-state index contributed by atoms with van der Waals surface area (Å²) in [6, 6.07) is -4.62. The van der Waals surface area contributed by atoms with E-state index in [0.717, 1.165) is 25.0 Å². The molecule has 0 spiro atoms. The highest BCUT2D eigenvalue weighted by Crippen LogP contribution is 2.33. The van der Waals surface area contributed by atoms with Crippen LogP contribution in [0, 0.1) is 0 Å². The molecule has 2 unspecified atom stereocenters. The smallest absolute Gasteiger partial charge is 0.315 e. The molecular formula is C49H86N16O13S. The number of rotatable bonds is 45. The molecule has 30 heteroatoms. The van der Waals surface area contributed by atoms with Crippen LogP contribution in [0.4, 0.5) is 4.79 Å². The molecule has 79 heavy (non-hydrogen) atoms. The average molecular weight is 1140 g/mol. The van der Waals surface area contributed by atoms with E-state index in [9.17, 15) is 47.9 Å². The number of ether oxygens (including phenoxy) is 3. The fourth-order valence-electron chi connectivity index (χ4n) is 8.41. The minimum absolute atomic E-state index is 0.0332. The number of likely N-dealkylation sites (N-methyl/N-ethyl adjacent to an activating group) is 1. The third-order valence-electron chi connectivity index (χ3n) is 12.7. The van der Waals surface area contributed by atoms with Crippen LogP contribution in [0.2, 0.25) is 0 Å². The van der Waals surface area contributed by atoms with E-state index in [-0.39, 0.29) is 69.7 Å². The summed E-state index contributed by atoms with van der Waals surface area (Å²) in [5.74, 6) is -3.70. The summed E-state index contributed by atoms with van der Waals surface area (Å²) in [5, 5.41) is 38.7. The van der Waals surface area contributed by atoms with Crippen molar-refractivity contribution >= 4 is 71.3 Å². The second kappa shape index (κ2) is 39.3. The molecule has 8 atom stereocenters. The van der Waals surface area contributed by atoms with Gasteiger partial charge in [0, 0.05) is 43.1 Å². The summed E-state index contributed by atoms with van der Waals surface area (Å²) < 4.78 is 18.2. The topological polar surface area (TPSA) is 413 Å². The number of nitrogens with two attached hydrogens (primary N) is 2. The molecule has 0 bridgehead atoms. The van der Waals surface area contributed by atoms with Crippen molar-refractivity contribution in [2.75, 3.05) is 92.2 Å². The van der Waals surface area contributed by atoms with Gasteiger partial charge in [0.1, 0.15) is 31.0 Å². The zero-order chi connectivity index (χ0) is 57.8. The predicted octanol–water partition coefficient (Wildman–Crippen LogP) is -4.53. The van der Waals surface area contributed by atoms with Gasteiger partial charge in [0.05, 0.1) is 76.0 Å². The molecule has 1 aromatic rings. The van der Waals surface area contributed by atoms with Crippen LogP contribution in [0.3, 0.4) is 0 Å². The Morgan fingerprint density at radius 2 is 1.41 bits per heavy atom. The van der Waals surface area contributed by atoms with Gasteiger partial charge in [0.15, 0.2) is 0 Å². The number of thioether (sulfide) groups is 1. The predicted molar refractivity (Wildman–Crippen MR) is 291 cm³/mol. The first-order valence-corrected chi connectivity index (χ1v) is 28.2. The maximum absolute atomic E-state index is 14.2. The first-order valence-electron chi connectivity index (χ1n) is 27.1. The van der Waals surface area contributed by atoms with Crippen LogP contribution in [-0.4, -0.2) is 214 Å². The van der Waals surface area contributed by atoms with Crippen LogP contribution in [0.1, 0.15) is 89.7 Å². The maximum atomic E-state index is 14.2. The van der Waals surface area contributed by atoms with Gasteiger partial charge < -0.3 is 89.0 Å². The minimum Gasteiger partial charge on any atom is -0.377 e. The second-order valence-corrected chi connectivity index (χ2v) is 20.4. The zero-order valence-electron chi connectivity index (χ0n) is 45.9. The van der Waals surface area contributed by atoms with E-state index in [2.05, 4.69) is 68.8 Å². The maximum Gasteiger partial charge on any atom is 0.315 e. The quantitative estimate of drug-likeness (QED) is 0.0166. The summed E-state index contributed by atoms with van der Waals surface area (Å²) in [6.07, 6.45) is 8.45. The largest absolute Gasteiger partial charge is 0.377 e. The van der Waals surface area contributed by atoms with Crippen LogP contribution in [0.15, 0.2) is 6.20 Å². The minimum atomic E-state index is -1.28. The van der Waals surface area contributed by atoms with Crippen molar-refractivity contribution in [3.05, 3.63) is 11.9 Å². The normalized spacial score (nSPS) is 17.4. The third-order valence-corrected chi connectivity index (χ3v) is 14.2. The van der Waals surface area contributed by atoms with Crippen LogP contribution in [-0.2, 0) is 70.3 Å². The summed E-state index contributed by atoms with van der Waals surface area (Å²) >= 11 is 1.85. The van der Waals surface area contributed by atoms with Gasteiger partial charge in [-0.25, -0.2) is 4.79 Å². The van der Waals surface area contributed by atoms with E-state index in [1.165, 1.54) is 6.92 Å². The number of amides is 10. The standard InChI is InChI=1S/C49H86N16O13S/c1-32(29-66)57-42(69)27-55-41(68)26-56-46(72)35(13-10-17-52-2)59-47(73)36(12-6-8-16-50)60-48(74)37(25-33-28-65(64-63-33)19-9-7-11-34(53-3)45(51)71)58-43(70)30-78-24-23-77-22-21-76-20-18-54-40(67)15-5-4-14-39-44-38(31-79-39)61-49(75)62-44/h28-29,32,34-39,44,52-53H,4-27,30-31,50H2,1-3H3,(H2,51,71)(H,54,67)(H,55,68)(H,56,72)(H,57,69)(H,58,70)(H,59,73)(H,60,74)(H2,61,62,75)/t32-,34?,35-,36-,37?,38+,39+,44+/m0/s1. The summed E-state index contributed by atoms with van der Waals surface area (Å²) in [7, 11) is 3.37. The molecule has 2 aliphatic heterocycles. The molecule has 0 aliphatic carbocycles. The van der Waals surface area contributed by atoms with E-state index < -0.39 is 91.3 Å². The average Bonchev–Trinajstić information content (AvgIpc) is 4.15. The number of carbonyl (C=O) groups excluding carboxylic acids is 10. The molecule has 0 saturated carbocycles. The number of aldehydes is 1. The number of nitrogens with zero attached hydrogens (tertiary/aromatic N) is 3. The van der Waals surface area contributed by atoms with Crippen molar-refractivity contribution in [1.82, 2.24) is 73.5 Å². The Balaban J connectivity index is 1.52. The highest BCUT2D eigenvalue weighted by molar-refractivity contribution is 8.00. The molecule has 2 aliphatic rings. The van der Waals surface area contributed by atoms with Crippen LogP contribution >= 0.6 is 11.8 Å². The Morgan fingerprint density at radius 3 is 2.11 bits per heavy atom. The fourth-order valence-corrected chi connectivity index (χ4v) is 9.95. The number of urea groups is 1. The number of primary amides is 1. The van der Waals surface area contributed by atoms with Crippen molar-refractivity contribution in [2.45, 2.75) is 144 Å². The number of carbonyl (C=O) groups is 10. The van der Waals surface area contributed by atoms with Gasteiger partial charge in [-0.15, -0.1) is 5.10 Å². The van der Waals surface area contributed by atoms with E-state index in [1.807, 2.05) is 11.8 Å². The van der Waals surface area contributed by atoms with Gasteiger partial charge in [-0.1, -0.05) is 11.6 Å². The molecule has 0 aromatic carbocycles. The van der Waals surface area contributed by atoms with Gasteiger partial charge in [-0.05, 0) is 98.3 Å². The molecular weight excluding hydrogens is 1050 g/mol. The summed E-state index contributed by atoms with van der Waals surface area (Å²) in [6.45, 7) is 2.60. The Morgan fingerprint density at radius 1 is 0.734 bits per heavy atom. The molecule has 10 amide bonds. The molecule has 2 fully saturated rings. The molecule has 29 nitrogen and oxygen atoms in total. The Bertz CT molecular complexity index is 2070. The molecule has 2 saturated heterocycles. The van der Waals surface area contributed by atoms with Crippen molar-refractivity contribution in [3.63, 3.8) is 0 Å². The van der Waals surface area contributed by atoms with Crippen LogP contribution < -0.4 is 70.0 Å². The van der Waals surface area contributed by atoms with Crippen molar-refractivity contribution in [3.8, 4) is 0 Å². The third kappa shape index (κ3) is 28.1. The highest BCUT2D eigenvalue weighted by Gasteiger charge is 2.42. The molecule has 3 heterocycles. The number of hydrogen-bond donors (Lipinski definition) is 13. The van der Waals surface area contributed by atoms with Crippen LogP contribution in [0.5, 0.6) is 0 Å². The Hall–Kier alpha value is -6.05. The molecule has 0 radical (unpaired) electrons. The van der Waals surface area contributed by atoms with Gasteiger partial charge in [0.2, 0.25) is 47.3 Å². The summed E-state index contributed by atoms with van der Waals surface area (Å²) in [4.78, 5) is 126.